The lowest BCUT2D eigenvalue weighted by molar-refractivity contribution is -0.141. The number of nitrogens with two attached hydrogens (primary N) is 3. The summed E-state index contributed by atoms with van der Waals surface area (Å²) in [6, 6.07) is 3.54. The van der Waals surface area contributed by atoms with Crippen molar-refractivity contribution in [2.45, 2.75) is 56.8 Å². The highest BCUT2D eigenvalue weighted by Gasteiger charge is 2.26. The van der Waals surface area contributed by atoms with Gasteiger partial charge in [0, 0.05) is 12.8 Å². The molecule has 42 heavy (non-hydrogen) atoms. The van der Waals surface area contributed by atoms with Crippen molar-refractivity contribution in [1.29, 1.82) is 0 Å². The number of benzene rings is 1. The molecule has 0 heterocycles. The van der Waals surface area contributed by atoms with E-state index >= 15 is 0 Å². The highest BCUT2D eigenvalue weighted by Crippen LogP contribution is 2.04. The van der Waals surface area contributed by atoms with Crippen molar-refractivity contribution in [2.24, 2.45) is 17.2 Å². The van der Waals surface area contributed by atoms with E-state index in [4.69, 9.17) is 22.3 Å². The average molecular weight is 593 g/mol. The summed E-state index contributed by atoms with van der Waals surface area (Å²) in [6.07, 6.45) is -0.978. The Hall–Kier alpha value is -5.06. The third kappa shape index (κ3) is 13.8. The minimum absolute atomic E-state index is 0.0187. The normalized spacial score (nSPS) is 13.3. The molecule has 0 radical (unpaired) electrons. The van der Waals surface area contributed by atoms with Gasteiger partial charge in [-0.1, -0.05) is 30.3 Å². The maximum atomic E-state index is 12.7. The van der Waals surface area contributed by atoms with Crippen molar-refractivity contribution < 1.29 is 43.5 Å². The van der Waals surface area contributed by atoms with Crippen LogP contribution in [0.4, 0.5) is 0 Å². The monoisotopic (exact) mass is 592 g/mol. The largest absolute Gasteiger partial charge is 0.480 e. The van der Waals surface area contributed by atoms with Crippen LogP contribution in [0, 0.1) is 0 Å². The predicted octanol–water partition coefficient (Wildman–Crippen LogP) is -4.51. The molecular formula is C25H36N8O9. The molecule has 4 atom stereocenters. The number of carboxylic acids is 1. The fourth-order valence-electron chi connectivity index (χ4n) is 3.38. The molecule has 1 aromatic rings. The lowest BCUT2D eigenvalue weighted by Crippen LogP contribution is -2.55. The van der Waals surface area contributed by atoms with E-state index in [2.05, 4.69) is 26.6 Å². The quantitative estimate of drug-likeness (QED) is 0.0786. The molecule has 7 amide bonds. The van der Waals surface area contributed by atoms with E-state index in [1.165, 1.54) is 6.92 Å². The van der Waals surface area contributed by atoms with Gasteiger partial charge in [0.15, 0.2) is 0 Å². The smallest absolute Gasteiger partial charge is 0.325 e. The van der Waals surface area contributed by atoms with Gasteiger partial charge >= 0.3 is 5.97 Å². The third-order valence-electron chi connectivity index (χ3n) is 5.60. The first kappa shape index (κ1) is 35.0. The van der Waals surface area contributed by atoms with Crippen molar-refractivity contribution in [3.8, 4) is 0 Å². The lowest BCUT2D eigenvalue weighted by Gasteiger charge is -2.21. The molecule has 230 valence electrons. The lowest BCUT2D eigenvalue weighted by atomic mass is 10.0. The maximum Gasteiger partial charge on any atom is 0.325 e. The van der Waals surface area contributed by atoms with Gasteiger partial charge in [-0.15, -0.1) is 0 Å². The number of amides is 7. The minimum Gasteiger partial charge on any atom is -0.480 e. The van der Waals surface area contributed by atoms with Crippen LogP contribution in [0.15, 0.2) is 30.3 Å². The fourth-order valence-corrected chi connectivity index (χ4v) is 3.38. The van der Waals surface area contributed by atoms with Crippen molar-refractivity contribution in [1.82, 2.24) is 26.6 Å². The zero-order chi connectivity index (χ0) is 31.8. The predicted molar refractivity (Wildman–Crippen MR) is 145 cm³/mol. The number of aliphatic carboxylic acids is 1. The first-order valence-corrected chi connectivity index (χ1v) is 12.7. The van der Waals surface area contributed by atoms with Gasteiger partial charge in [-0.05, 0) is 18.9 Å². The molecule has 0 saturated carbocycles. The Morgan fingerprint density at radius 3 is 1.83 bits per heavy atom. The number of carbonyl (C=O) groups is 8. The van der Waals surface area contributed by atoms with E-state index in [9.17, 15) is 38.4 Å². The number of rotatable bonds is 18. The van der Waals surface area contributed by atoms with Gasteiger partial charge in [0.05, 0.1) is 25.6 Å². The molecule has 0 fully saturated rings. The molecule has 0 aliphatic rings. The number of nitrogens with one attached hydrogen (secondary N) is 5. The van der Waals surface area contributed by atoms with Gasteiger partial charge in [-0.3, -0.25) is 38.4 Å². The Morgan fingerprint density at radius 1 is 0.762 bits per heavy atom. The highest BCUT2D eigenvalue weighted by atomic mass is 16.4. The first-order chi connectivity index (χ1) is 19.7. The van der Waals surface area contributed by atoms with E-state index in [0.717, 1.165) is 0 Å². The summed E-state index contributed by atoms with van der Waals surface area (Å²) in [7, 11) is 0. The number of carbonyl (C=O) groups excluding carboxylic acids is 7. The van der Waals surface area contributed by atoms with Crippen LogP contribution in [0.5, 0.6) is 0 Å². The zero-order valence-corrected chi connectivity index (χ0v) is 22.9. The molecule has 0 aromatic heterocycles. The molecule has 0 spiro atoms. The molecule has 12 N–H and O–H groups in total. The summed E-state index contributed by atoms with van der Waals surface area (Å²) in [4.78, 5) is 95.5. The van der Waals surface area contributed by atoms with Crippen LogP contribution in [-0.4, -0.2) is 89.7 Å². The third-order valence-corrected chi connectivity index (χ3v) is 5.60. The second-order valence-corrected chi connectivity index (χ2v) is 9.22. The molecule has 0 aliphatic carbocycles. The van der Waals surface area contributed by atoms with E-state index < -0.39 is 91.0 Å². The summed E-state index contributed by atoms with van der Waals surface area (Å²) < 4.78 is 0. The summed E-state index contributed by atoms with van der Waals surface area (Å²) in [6.45, 7) is -0.0199. The number of primary amides is 2. The van der Waals surface area contributed by atoms with Crippen LogP contribution in [-0.2, 0) is 44.8 Å². The molecule has 17 heteroatoms. The van der Waals surface area contributed by atoms with Gasteiger partial charge in [-0.25, -0.2) is 0 Å². The van der Waals surface area contributed by atoms with Gasteiger partial charge in [0.1, 0.15) is 18.1 Å². The Morgan fingerprint density at radius 2 is 1.31 bits per heavy atom. The van der Waals surface area contributed by atoms with Crippen molar-refractivity contribution in [2.75, 3.05) is 13.1 Å². The average Bonchev–Trinajstić information content (AvgIpc) is 2.92. The van der Waals surface area contributed by atoms with Crippen LogP contribution < -0.4 is 43.8 Å². The molecule has 1 rings (SSSR count). The molecule has 0 bridgehead atoms. The summed E-state index contributed by atoms with van der Waals surface area (Å²) >= 11 is 0. The van der Waals surface area contributed by atoms with Gasteiger partial charge in [0.25, 0.3) is 0 Å². The van der Waals surface area contributed by atoms with E-state index in [-0.39, 0.29) is 19.3 Å². The standard InChI is InChI=1S/C25H36N8O9/c1-13(25(41)42)31-24(40)17(9-14-5-3-2-4-6-14)33-21(37)12-30-23(39)16(7-8-18(27)34)32-20(36)11-29-22(38)15(26)10-19(28)35/h2-6,13,15-17H,7-12,26H2,1H3,(H2,27,34)(H2,28,35)(H,29,38)(H,30,39)(H,31,40)(H,32,36)(H,33,37)(H,41,42). The Kier molecular flexibility index (Phi) is 14.6. The molecular weight excluding hydrogens is 556 g/mol. The first-order valence-electron chi connectivity index (χ1n) is 12.7. The molecule has 17 nitrogen and oxygen atoms in total. The summed E-state index contributed by atoms with van der Waals surface area (Å²) in [5.41, 5.74) is 16.3. The topological polar surface area (TPSA) is 295 Å². The molecule has 4 unspecified atom stereocenters. The van der Waals surface area contributed by atoms with Crippen LogP contribution in [0.25, 0.3) is 0 Å². The zero-order valence-electron chi connectivity index (χ0n) is 22.9. The Bertz CT molecular complexity index is 1160. The SMILES string of the molecule is CC(NC(=O)C(Cc1ccccc1)NC(=O)CNC(=O)C(CCC(N)=O)NC(=O)CNC(=O)C(N)CC(N)=O)C(=O)O. The fraction of sp³-hybridized carbons (Fsp3) is 0.440. The van der Waals surface area contributed by atoms with Gasteiger partial charge in [-0.2, -0.15) is 0 Å². The second-order valence-electron chi connectivity index (χ2n) is 9.22. The van der Waals surface area contributed by atoms with Crippen molar-refractivity contribution in [3.05, 3.63) is 35.9 Å². The Balaban J connectivity index is 2.81. The van der Waals surface area contributed by atoms with Crippen molar-refractivity contribution in [3.63, 3.8) is 0 Å². The number of hydrogen-bond acceptors (Lipinski definition) is 9. The number of hydrogen-bond donors (Lipinski definition) is 9. The van der Waals surface area contributed by atoms with E-state index in [1.807, 2.05) is 0 Å². The summed E-state index contributed by atoms with van der Waals surface area (Å²) in [5, 5.41) is 20.6. The van der Waals surface area contributed by atoms with Crippen LogP contribution in [0.3, 0.4) is 0 Å². The number of carboxylic acid groups (broad SMARTS) is 1. The summed E-state index contributed by atoms with van der Waals surface area (Å²) in [5.74, 6) is -7.01. The van der Waals surface area contributed by atoms with Crippen LogP contribution in [0.1, 0.15) is 31.7 Å². The highest BCUT2D eigenvalue weighted by molar-refractivity contribution is 5.95. The van der Waals surface area contributed by atoms with Crippen LogP contribution >= 0.6 is 0 Å². The van der Waals surface area contributed by atoms with Gasteiger partial charge < -0.3 is 48.9 Å². The second kappa shape index (κ2) is 17.6. The molecule has 0 saturated heterocycles. The van der Waals surface area contributed by atoms with Crippen molar-refractivity contribution >= 4 is 47.3 Å². The van der Waals surface area contributed by atoms with E-state index in [1.54, 1.807) is 30.3 Å². The van der Waals surface area contributed by atoms with Gasteiger partial charge in [0.2, 0.25) is 41.4 Å². The maximum absolute atomic E-state index is 12.7. The molecule has 0 aliphatic heterocycles. The Labute approximate surface area is 240 Å². The minimum atomic E-state index is -1.34. The van der Waals surface area contributed by atoms with Crippen LogP contribution in [0.2, 0.25) is 0 Å². The molecule has 1 aromatic carbocycles. The van der Waals surface area contributed by atoms with E-state index in [0.29, 0.717) is 5.56 Å².